The summed E-state index contributed by atoms with van der Waals surface area (Å²) in [6.07, 6.45) is 6.37. The van der Waals surface area contributed by atoms with Crippen LogP contribution in [-0.4, -0.2) is 72.3 Å². The van der Waals surface area contributed by atoms with E-state index in [4.69, 9.17) is 14.7 Å². The number of aryl methyl sites for hydroxylation is 1. The van der Waals surface area contributed by atoms with Crippen LogP contribution in [0.25, 0.3) is 10.8 Å². The van der Waals surface area contributed by atoms with Crippen molar-refractivity contribution in [2.24, 2.45) is 0 Å². The maximum Gasteiger partial charge on any atom is 0.318 e. The molecule has 2 aromatic carbocycles. The molecule has 0 spiro atoms. The molecule has 0 bridgehead atoms. The summed E-state index contributed by atoms with van der Waals surface area (Å²) in [6, 6.07) is 16.1. The van der Waals surface area contributed by atoms with Gasteiger partial charge in [0.15, 0.2) is 0 Å². The van der Waals surface area contributed by atoms with E-state index in [9.17, 15) is 5.26 Å². The summed E-state index contributed by atoms with van der Waals surface area (Å²) in [7, 11) is 0. The summed E-state index contributed by atoms with van der Waals surface area (Å²) in [5, 5.41) is 15.4. The summed E-state index contributed by atoms with van der Waals surface area (Å²) < 4.78 is 6.47. The number of nitrogens with zero attached hydrogens (tertiary/aromatic N) is 6. The second kappa shape index (κ2) is 10.5. The number of hydrogen-bond donors (Lipinski definition) is 1. The highest BCUT2D eigenvalue weighted by molar-refractivity contribution is 5.97. The Morgan fingerprint density at radius 2 is 1.88 bits per heavy atom. The third-order valence-corrected chi connectivity index (χ3v) is 9.42. The Morgan fingerprint density at radius 1 is 1.05 bits per heavy atom. The molecule has 3 aromatic rings. The van der Waals surface area contributed by atoms with Crippen LogP contribution in [0.5, 0.6) is 6.01 Å². The lowest BCUT2D eigenvalue weighted by molar-refractivity contribution is 0.134. The van der Waals surface area contributed by atoms with Gasteiger partial charge in [0.2, 0.25) is 0 Å². The molecule has 0 amide bonds. The Bertz CT molecular complexity index is 1430. The van der Waals surface area contributed by atoms with Crippen molar-refractivity contribution in [3.8, 4) is 12.1 Å². The van der Waals surface area contributed by atoms with Gasteiger partial charge in [0.1, 0.15) is 12.4 Å². The van der Waals surface area contributed by atoms with E-state index in [-0.39, 0.29) is 11.6 Å². The maximum atomic E-state index is 9.32. The smallest absolute Gasteiger partial charge is 0.318 e. The number of likely N-dealkylation sites (tertiary alicyclic amines) is 1. The third kappa shape index (κ3) is 4.76. The van der Waals surface area contributed by atoms with Crippen molar-refractivity contribution >= 4 is 22.3 Å². The van der Waals surface area contributed by atoms with Crippen LogP contribution >= 0.6 is 0 Å². The highest BCUT2D eigenvalue weighted by atomic mass is 16.5. The largest absolute Gasteiger partial charge is 0.461 e. The fourth-order valence-electron chi connectivity index (χ4n) is 7.04. The molecule has 7 rings (SSSR count). The molecule has 1 atom stereocenters. The van der Waals surface area contributed by atoms with Gasteiger partial charge in [-0.25, -0.2) is 0 Å². The maximum absolute atomic E-state index is 9.32. The molecular weight excluding hydrogens is 498 g/mol. The quantitative estimate of drug-likeness (QED) is 0.480. The topological polar surface area (TPSA) is 80.6 Å². The van der Waals surface area contributed by atoms with E-state index in [1.807, 2.05) is 0 Å². The Morgan fingerprint density at radius 3 is 2.67 bits per heavy atom. The zero-order valence-corrected chi connectivity index (χ0v) is 23.5. The van der Waals surface area contributed by atoms with Crippen LogP contribution in [0, 0.1) is 18.3 Å². The SMILES string of the molecule is Cc1cccc2cccc(N3CCc4c(nc(OCC5(N6CCCC6)CC5)nc4N4CCN[C@@H](CC#N)C4)C3)c12. The summed E-state index contributed by atoms with van der Waals surface area (Å²) in [4.78, 5) is 17.6. The molecule has 1 N–H and O–H groups in total. The van der Waals surface area contributed by atoms with Crippen molar-refractivity contribution in [1.82, 2.24) is 20.2 Å². The first-order chi connectivity index (χ1) is 19.6. The average molecular weight is 538 g/mol. The lowest BCUT2D eigenvalue weighted by Gasteiger charge is -2.37. The van der Waals surface area contributed by atoms with E-state index in [0.29, 0.717) is 19.0 Å². The average Bonchev–Trinajstić information content (AvgIpc) is 3.56. The van der Waals surface area contributed by atoms with Crippen molar-refractivity contribution < 1.29 is 4.74 Å². The molecule has 4 heterocycles. The van der Waals surface area contributed by atoms with E-state index >= 15 is 0 Å². The summed E-state index contributed by atoms with van der Waals surface area (Å²) in [5.74, 6) is 1.00. The van der Waals surface area contributed by atoms with E-state index in [1.54, 1.807) is 0 Å². The number of piperazine rings is 1. The highest BCUT2D eigenvalue weighted by Crippen LogP contribution is 2.44. The zero-order chi connectivity index (χ0) is 27.1. The number of benzene rings is 2. The van der Waals surface area contributed by atoms with E-state index in [2.05, 4.69) is 69.4 Å². The lowest BCUT2D eigenvalue weighted by Crippen LogP contribution is -2.51. The molecule has 1 saturated carbocycles. The Hall–Kier alpha value is -3.41. The second-order valence-corrected chi connectivity index (χ2v) is 12.0. The highest BCUT2D eigenvalue weighted by Gasteiger charge is 2.49. The minimum Gasteiger partial charge on any atom is -0.461 e. The van der Waals surface area contributed by atoms with E-state index in [1.165, 1.54) is 66.4 Å². The number of nitriles is 1. The van der Waals surface area contributed by atoms with Gasteiger partial charge in [-0.3, -0.25) is 4.90 Å². The molecule has 1 aromatic heterocycles. The molecule has 0 unspecified atom stereocenters. The Kier molecular flexibility index (Phi) is 6.73. The number of fused-ring (bicyclic) bond motifs is 2. The fraction of sp³-hybridized carbons (Fsp3) is 0.531. The fourth-order valence-corrected chi connectivity index (χ4v) is 7.04. The van der Waals surface area contributed by atoms with Crippen LogP contribution in [0.15, 0.2) is 36.4 Å². The van der Waals surface area contributed by atoms with Gasteiger partial charge in [0, 0.05) is 48.9 Å². The summed E-state index contributed by atoms with van der Waals surface area (Å²) in [6.45, 7) is 9.38. The van der Waals surface area contributed by atoms with E-state index < -0.39 is 0 Å². The Labute approximate surface area is 236 Å². The van der Waals surface area contributed by atoms with Gasteiger partial charge in [-0.15, -0.1) is 0 Å². The molecule has 1 aliphatic carbocycles. The first-order valence-electron chi connectivity index (χ1n) is 15.0. The van der Waals surface area contributed by atoms with Crippen LogP contribution in [0.1, 0.15) is 48.9 Å². The number of nitrogens with one attached hydrogen (secondary N) is 1. The number of rotatable bonds is 7. The molecule has 3 fully saturated rings. The van der Waals surface area contributed by atoms with Crippen LogP contribution in [-0.2, 0) is 13.0 Å². The zero-order valence-electron chi connectivity index (χ0n) is 23.5. The molecule has 208 valence electrons. The monoisotopic (exact) mass is 537 g/mol. The minimum atomic E-state index is 0.150. The first kappa shape index (κ1) is 25.6. The van der Waals surface area contributed by atoms with Crippen molar-refractivity contribution in [2.75, 3.05) is 55.7 Å². The molecule has 8 heteroatoms. The van der Waals surface area contributed by atoms with Crippen LogP contribution < -0.4 is 19.9 Å². The van der Waals surface area contributed by atoms with Gasteiger partial charge in [0.05, 0.1) is 30.3 Å². The summed E-state index contributed by atoms with van der Waals surface area (Å²) >= 11 is 0. The second-order valence-electron chi connectivity index (χ2n) is 12.0. The van der Waals surface area contributed by atoms with Crippen molar-refractivity contribution in [3.05, 3.63) is 53.2 Å². The normalized spacial score (nSPS) is 22.2. The van der Waals surface area contributed by atoms with Crippen LogP contribution in [0.4, 0.5) is 11.5 Å². The predicted octanol–water partition coefficient (Wildman–Crippen LogP) is 4.20. The van der Waals surface area contributed by atoms with E-state index in [0.717, 1.165) is 50.7 Å². The predicted molar refractivity (Wildman–Crippen MR) is 158 cm³/mol. The van der Waals surface area contributed by atoms with Gasteiger partial charge in [-0.2, -0.15) is 15.2 Å². The van der Waals surface area contributed by atoms with Crippen LogP contribution in [0.3, 0.4) is 0 Å². The minimum absolute atomic E-state index is 0.150. The molecule has 0 radical (unpaired) electrons. The van der Waals surface area contributed by atoms with Crippen molar-refractivity contribution in [3.63, 3.8) is 0 Å². The number of aromatic nitrogens is 2. The van der Waals surface area contributed by atoms with Gasteiger partial charge in [-0.05, 0) is 69.1 Å². The van der Waals surface area contributed by atoms with Crippen molar-refractivity contribution in [2.45, 2.75) is 63.6 Å². The number of hydrogen-bond acceptors (Lipinski definition) is 8. The molecule has 4 aliphatic rings. The molecular formula is C32H39N7O. The standard InChI is InChI=1S/C32H39N7O/c1-23-6-4-7-24-8-5-9-28(29(23)24)37-18-11-26-27(21-37)35-31(40-22-32(12-13-32)39-16-2-3-17-39)36-30(26)38-19-15-34-25(20-38)10-14-33/h4-9,25,34H,2-3,10-13,15-22H2,1H3/t25-/m0/s1. The van der Waals surface area contributed by atoms with Crippen molar-refractivity contribution in [1.29, 1.82) is 5.26 Å². The van der Waals surface area contributed by atoms with Gasteiger partial charge in [0.25, 0.3) is 0 Å². The summed E-state index contributed by atoms with van der Waals surface area (Å²) in [5.41, 5.74) is 5.05. The molecule has 2 saturated heterocycles. The Balaban J connectivity index is 1.21. The number of anilines is 2. The van der Waals surface area contributed by atoms with Gasteiger partial charge < -0.3 is 19.9 Å². The molecule has 8 nitrogen and oxygen atoms in total. The van der Waals surface area contributed by atoms with Gasteiger partial charge >= 0.3 is 6.01 Å². The molecule has 40 heavy (non-hydrogen) atoms. The third-order valence-electron chi connectivity index (χ3n) is 9.42. The van der Waals surface area contributed by atoms with Gasteiger partial charge in [-0.1, -0.05) is 30.3 Å². The lowest BCUT2D eigenvalue weighted by atomic mass is 9.99. The van der Waals surface area contributed by atoms with Crippen LogP contribution in [0.2, 0.25) is 0 Å². The molecule has 3 aliphatic heterocycles. The number of ether oxygens (including phenoxy) is 1. The first-order valence-corrected chi connectivity index (χ1v) is 15.0.